The summed E-state index contributed by atoms with van der Waals surface area (Å²) in [6.45, 7) is 4.17. The van der Waals surface area contributed by atoms with E-state index in [-0.39, 0.29) is 0 Å². The average Bonchev–Trinajstić information content (AvgIpc) is 2.16. The minimum Gasteiger partial charge on any atom is -0.481 e. The predicted octanol–water partition coefficient (Wildman–Crippen LogP) is 1.72. The fraction of sp³-hybridized carbons (Fsp3) is 0.222. The number of hydrogen-bond donors (Lipinski definition) is 1. The van der Waals surface area contributed by atoms with Gasteiger partial charge in [0.25, 0.3) is 0 Å². The largest absolute Gasteiger partial charge is 0.481 e. The van der Waals surface area contributed by atoms with Gasteiger partial charge in [0.15, 0.2) is 0 Å². The summed E-state index contributed by atoms with van der Waals surface area (Å²) in [4.78, 5) is 3.99. The molecule has 0 aliphatic heterocycles. The number of aromatic nitrogens is 1. The molecule has 0 radical (unpaired) electrons. The Morgan fingerprint density at radius 2 is 2.38 bits per heavy atom. The van der Waals surface area contributed by atoms with Crippen molar-refractivity contribution in [3.8, 4) is 5.88 Å². The molecule has 13 heavy (non-hydrogen) atoms. The summed E-state index contributed by atoms with van der Waals surface area (Å²) in [6.07, 6.45) is 0. The molecule has 1 rings (SSSR count). The summed E-state index contributed by atoms with van der Waals surface area (Å²) in [5.41, 5.74) is 7.03. The molecule has 1 heterocycles. The summed E-state index contributed by atoms with van der Waals surface area (Å²) in [5, 5.41) is 0.394. The molecule has 1 aromatic rings. The van der Waals surface area contributed by atoms with Crippen LogP contribution in [0.15, 0.2) is 18.7 Å². The minimum absolute atomic E-state index is 0.375. The van der Waals surface area contributed by atoms with E-state index in [9.17, 15) is 0 Å². The van der Waals surface area contributed by atoms with Crippen molar-refractivity contribution in [2.75, 3.05) is 13.7 Å². The van der Waals surface area contributed by atoms with Gasteiger partial charge in [-0.3, -0.25) is 0 Å². The van der Waals surface area contributed by atoms with Crippen LogP contribution in [0.25, 0.3) is 5.57 Å². The molecule has 2 N–H and O–H groups in total. The number of pyridine rings is 1. The number of methoxy groups -OCH3 is 1. The van der Waals surface area contributed by atoms with E-state index in [2.05, 4.69) is 11.6 Å². The van der Waals surface area contributed by atoms with Crippen LogP contribution in [0.2, 0.25) is 5.15 Å². The van der Waals surface area contributed by atoms with Crippen LogP contribution in [0.5, 0.6) is 5.88 Å². The summed E-state index contributed by atoms with van der Waals surface area (Å²) in [5.74, 6) is 0.461. The Bertz CT molecular complexity index is 325. The van der Waals surface area contributed by atoms with Crippen LogP contribution < -0.4 is 10.5 Å². The Balaban J connectivity index is 3.13. The number of nitrogens with two attached hydrogens (primary N) is 1. The van der Waals surface area contributed by atoms with E-state index >= 15 is 0 Å². The van der Waals surface area contributed by atoms with E-state index in [0.717, 1.165) is 11.1 Å². The van der Waals surface area contributed by atoms with Crippen molar-refractivity contribution in [3.05, 3.63) is 29.4 Å². The van der Waals surface area contributed by atoms with Gasteiger partial charge in [-0.2, -0.15) is 0 Å². The van der Waals surface area contributed by atoms with Crippen molar-refractivity contribution in [2.45, 2.75) is 0 Å². The van der Waals surface area contributed by atoms with Crippen LogP contribution in [-0.4, -0.2) is 18.6 Å². The van der Waals surface area contributed by atoms with E-state index in [1.807, 2.05) is 0 Å². The maximum atomic E-state index is 5.69. The zero-order chi connectivity index (χ0) is 9.84. The lowest BCUT2D eigenvalue weighted by Gasteiger charge is -2.07. The first kappa shape index (κ1) is 10.0. The second kappa shape index (κ2) is 4.25. The normalized spacial score (nSPS) is 9.77. The van der Waals surface area contributed by atoms with Gasteiger partial charge in [-0.15, -0.1) is 0 Å². The van der Waals surface area contributed by atoms with Gasteiger partial charge < -0.3 is 10.5 Å². The van der Waals surface area contributed by atoms with Gasteiger partial charge in [0.1, 0.15) is 5.15 Å². The van der Waals surface area contributed by atoms with E-state index in [1.54, 1.807) is 12.1 Å². The first-order chi connectivity index (χ1) is 6.19. The molecular formula is C9H11ClN2O. The van der Waals surface area contributed by atoms with Crippen LogP contribution >= 0.6 is 11.6 Å². The highest BCUT2D eigenvalue weighted by atomic mass is 35.5. The third kappa shape index (κ3) is 2.20. The number of rotatable bonds is 3. The average molecular weight is 199 g/mol. The van der Waals surface area contributed by atoms with Gasteiger partial charge in [0.05, 0.1) is 7.11 Å². The Kier molecular flexibility index (Phi) is 3.28. The highest BCUT2D eigenvalue weighted by Crippen LogP contribution is 2.23. The summed E-state index contributed by atoms with van der Waals surface area (Å²) in [7, 11) is 1.53. The number of ether oxygens (including phenoxy) is 1. The Morgan fingerprint density at radius 3 is 2.92 bits per heavy atom. The van der Waals surface area contributed by atoms with E-state index in [0.29, 0.717) is 17.6 Å². The number of halogens is 1. The van der Waals surface area contributed by atoms with Crippen molar-refractivity contribution >= 4 is 17.2 Å². The monoisotopic (exact) mass is 198 g/mol. The molecule has 0 aromatic carbocycles. The quantitative estimate of drug-likeness (QED) is 0.753. The van der Waals surface area contributed by atoms with Gasteiger partial charge in [-0.05, 0) is 17.7 Å². The summed E-state index contributed by atoms with van der Waals surface area (Å²) < 4.78 is 5.04. The zero-order valence-electron chi connectivity index (χ0n) is 7.38. The maximum absolute atomic E-state index is 5.69. The van der Waals surface area contributed by atoms with Crippen LogP contribution in [0.3, 0.4) is 0 Å². The molecule has 0 aliphatic rings. The molecule has 0 fully saturated rings. The zero-order valence-corrected chi connectivity index (χ0v) is 8.14. The number of nitrogens with zero attached hydrogens (tertiary/aromatic N) is 1. The molecule has 4 heteroatoms. The van der Waals surface area contributed by atoms with Gasteiger partial charge in [0, 0.05) is 12.1 Å². The van der Waals surface area contributed by atoms with Crippen molar-refractivity contribution < 1.29 is 4.74 Å². The lowest BCUT2D eigenvalue weighted by Crippen LogP contribution is -2.03. The molecule has 0 aliphatic carbocycles. The molecule has 0 atom stereocenters. The van der Waals surface area contributed by atoms with Crippen LogP contribution in [-0.2, 0) is 0 Å². The van der Waals surface area contributed by atoms with Crippen molar-refractivity contribution in [3.63, 3.8) is 0 Å². The first-order valence-corrected chi connectivity index (χ1v) is 4.15. The van der Waals surface area contributed by atoms with Gasteiger partial charge >= 0.3 is 0 Å². The second-order valence-electron chi connectivity index (χ2n) is 2.50. The van der Waals surface area contributed by atoms with Crippen LogP contribution in [0, 0.1) is 0 Å². The molecule has 70 valence electrons. The van der Waals surface area contributed by atoms with Crippen molar-refractivity contribution in [1.82, 2.24) is 4.98 Å². The molecular weight excluding hydrogens is 188 g/mol. The molecule has 0 saturated carbocycles. The molecule has 0 bridgehead atoms. The third-order valence-corrected chi connectivity index (χ3v) is 1.86. The summed E-state index contributed by atoms with van der Waals surface area (Å²) >= 11 is 5.69. The smallest absolute Gasteiger partial charge is 0.222 e. The molecule has 0 saturated heterocycles. The van der Waals surface area contributed by atoms with E-state index < -0.39 is 0 Å². The Morgan fingerprint density at radius 1 is 1.69 bits per heavy atom. The lowest BCUT2D eigenvalue weighted by atomic mass is 10.1. The highest BCUT2D eigenvalue weighted by molar-refractivity contribution is 6.29. The SMILES string of the molecule is C=C(CN)c1ccc(Cl)nc1OC. The molecule has 0 amide bonds. The molecule has 0 unspecified atom stereocenters. The molecule has 1 aromatic heterocycles. The fourth-order valence-corrected chi connectivity index (χ4v) is 1.09. The number of hydrogen-bond acceptors (Lipinski definition) is 3. The van der Waals surface area contributed by atoms with Gasteiger partial charge in [0.2, 0.25) is 5.88 Å². The van der Waals surface area contributed by atoms with Gasteiger partial charge in [-0.1, -0.05) is 18.2 Å². The molecule has 3 nitrogen and oxygen atoms in total. The predicted molar refractivity (Wildman–Crippen MR) is 53.9 cm³/mol. The first-order valence-electron chi connectivity index (χ1n) is 3.77. The van der Waals surface area contributed by atoms with E-state index in [4.69, 9.17) is 22.1 Å². The van der Waals surface area contributed by atoms with Crippen LogP contribution in [0.1, 0.15) is 5.56 Å². The van der Waals surface area contributed by atoms with Crippen molar-refractivity contribution in [2.24, 2.45) is 5.73 Å². The second-order valence-corrected chi connectivity index (χ2v) is 2.89. The fourth-order valence-electron chi connectivity index (χ4n) is 0.953. The lowest BCUT2D eigenvalue weighted by molar-refractivity contribution is 0.396. The Hall–Kier alpha value is -1.06. The van der Waals surface area contributed by atoms with Crippen molar-refractivity contribution in [1.29, 1.82) is 0 Å². The molecule has 0 spiro atoms. The van der Waals surface area contributed by atoms with Gasteiger partial charge in [-0.25, -0.2) is 4.98 Å². The Labute approximate surface area is 82.2 Å². The topological polar surface area (TPSA) is 48.1 Å². The minimum atomic E-state index is 0.375. The third-order valence-electron chi connectivity index (χ3n) is 1.65. The van der Waals surface area contributed by atoms with Crippen LogP contribution in [0.4, 0.5) is 0 Å². The highest BCUT2D eigenvalue weighted by Gasteiger charge is 2.07. The maximum Gasteiger partial charge on any atom is 0.222 e. The van der Waals surface area contributed by atoms with E-state index in [1.165, 1.54) is 7.11 Å². The summed E-state index contributed by atoms with van der Waals surface area (Å²) in [6, 6.07) is 3.48. The standard InChI is InChI=1S/C9H11ClN2O/c1-6(5-11)7-3-4-8(10)12-9(7)13-2/h3-4H,1,5,11H2,2H3.